The molecule has 1 aromatic heterocycles. The Kier molecular flexibility index (Phi) is 4.93. The number of likely N-dealkylation sites (tertiary alicyclic amines) is 1. The van der Waals surface area contributed by atoms with Gasteiger partial charge in [-0.05, 0) is 43.0 Å². The summed E-state index contributed by atoms with van der Waals surface area (Å²) in [5, 5.41) is 11.4. The van der Waals surface area contributed by atoms with Crippen LogP contribution in [-0.4, -0.2) is 41.2 Å². The van der Waals surface area contributed by atoms with Gasteiger partial charge in [-0.2, -0.15) is 0 Å². The van der Waals surface area contributed by atoms with Gasteiger partial charge in [-0.15, -0.1) is 10.2 Å². The molecule has 1 aliphatic heterocycles. The van der Waals surface area contributed by atoms with Gasteiger partial charge in [0.05, 0.1) is 12.8 Å². The van der Waals surface area contributed by atoms with Crippen molar-refractivity contribution in [2.24, 2.45) is 5.92 Å². The van der Waals surface area contributed by atoms with Crippen molar-refractivity contribution in [2.45, 2.75) is 19.8 Å². The van der Waals surface area contributed by atoms with E-state index in [1.54, 1.807) is 19.2 Å². The predicted octanol–water partition coefficient (Wildman–Crippen LogP) is 3.10. The number of ether oxygens (including phenoxy) is 1. The van der Waals surface area contributed by atoms with Gasteiger partial charge in [-0.25, -0.2) is 0 Å². The maximum atomic E-state index is 12.5. The maximum absolute atomic E-state index is 12.5. The fourth-order valence-corrected chi connectivity index (χ4v) is 2.93. The van der Waals surface area contributed by atoms with Gasteiger partial charge in [0.25, 0.3) is 5.91 Å². The minimum atomic E-state index is -0.0436. The molecule has 1 unspecified atom stereocenters. The molecule has 1 saturated heterocycles. The lowest BCUT2D eigenvalue weighted by Crippen LogP contribution is -2.39. The number of methoxy groups -OCH3 is 1. The molecule has 3 rings (SSSR count). The number of carbonyl (C=O) groups is 1. The van der Waals surface area contributed by atoms with Crippen LogP contribution in [0.4, 0.5) is 11.5 Å². The largest absolute Gasteiger partial charge is 0.495 e. The Morgan fingerprint density at radius 1 is 1.25 bits per heavy atom. The van der Waals surface area contributed by atoms with Crippen molar-refractivity contribution >= 4 is 17.4 Å². The zero-order valence-corrected chi connectivity index (χ0v) is 14.0. The number of carbonyl (C=O) groups excluding carboxylic acids is 1. The van der Waals surface area contributed by atoms with Crippen molar-refractivity contribution in [2.75, 3.05) is 25.5 Å². The van der Waals surface area contributed by atoms with Crippen LogP contribution in [0.2, 0.25) is 0 Å². The topological polar surface area (TPSA) is 67.3 Å². The summed E-state index contributed by atoms with van der Waals surface area (Å²) >= 11 is 0. The number of aromatic nitrogens is 2. The SMILES string of the molecule is COc1ccccc1Nc1ccc(C(=O)N2CCCC(C)C2)nn1. The van der Waals surface area contributed by atoms with Crippen LogP contribution in [-0.2, 0) is 0 Å². The molecule has 2 heterocycles. The summed E-state index contributed by atoms with van der Waals surface area (Å²) in [6.07, 6.45) is 2.23. The monoisotopic (exact) mass is 326 g/mol. The number of hydrogen-bond donors (Lipinski definition) is 1. The van der Waals surface area contributed by atoms with Gasteiger partial charge in [0.2, 0.25) is 0 Å². The van der Waals surface area contributed by atoms with Crippen LogP contribution in [0.25, 0.3) is 0 Å². The molecule has 1 fully saturated rings. The quantitative estimate of drug-likeness (QED) is 0.935. The molecule has 0 aliphatic carbocycles. The number of hydrogen-bond acceptors (Lipinski definition) is 5. The van der Waals surface area contributed by atoms with Gasteiger partial charge in [-0.1, -0.05) is 19.1 Å². The first kappa shape index (κ1) is 16.2. The molecule has 126 valence electrons. The molecule has 1 amide bonds. The van der Waals surface area contributed by atoms with Crippen molar-refractivity contribution in [3.05, 3.63) is 42.1 Å². The second-order valence-corrected chi connectivity index (χ2v) is 6.13. The first-order chi connectivity index (χ1) is 11.7. The second kappa shape index (κ2) is 7.29. The molecule has 6 nitrogen and oxygen atoms in total. The van der Waals surface area contributed by atoms with Gasteiger partial charge in [-0.3, -0.25) is 4.79 Å². The number of para-hydroxylation sites is 2. The van der Waals surface area contributed by atoms with Crippen LogP contribution >= 0.6 is 0 Å². The van der Waals surface area contributed by atoms with E-state index < -0.39 is 0 Å². The van der Waals surface area contributed by atoms with Gasteiger partial charge in [0, 0.05) is 13.1 Å². The van der Waals surface area contributed by atoms with E-state index in [0.717, 1.165) is 30.9 Å². The van der Waals surface area contributed by atoms with Crippen molar-refractivity contribution < 1.29 is 9.53 Å². The Labute approximate surface area is 141 Å². The number of anilines is 2. The number of benzene rings is 1. The maximum Gasteiger partial charge on any atom is 0.274 e. The van der Waals surface area contributed by atoms with Gasteiger partial charge < -0.3 is 15.0 Å². The summed E-state index contributed by atoms with van der Waals surface area (Å²) in [7, 11) is 1.62. The van der Waals surface area contributed by atoms with E-state index in [2.05, 4.69) is 22.4 Å². The number of rotatable bonds is 4. The van der Waals surface area contributed by atoms with E-state index in [1.807, 2.05) is 29.2 Å². The van der Waals surface area contributed by atoms with Crippen LogP contribution in [0.5, 0.6) is 5.75 Å². The van der Waals surface area contributed by atoms with Gasteiger partial charge in [0.1, 0.15) is 5.75 Å². The lowest BCUT2D eigenvalue weighted by molar-refractivity contribution is 0.0676. The number of nitrogens with zero attached hydrogens (tertiary/aromatic N) is 3. The van der Waals surface area contributed by atoms with E-state index in [1.165, 1.54) is 6.42 Å². The molecule has 1 atom stereocenters. The molecule has 1 aliphatic rings. The highest BCUT2D eigenvalue weighted by atomic mass is 16.5. The molecule has 0 spiro atoms. The molecule has 0 radical (unpaired) electrons. The van der Waals surface area contributed by atoms with Crippen LogP contribution in [0, 0.1) is 5.92 Å². The van der Waals surface area contributed by atoms with Crippen molar-refractivity contribution in [3.63, 3.8) is 0 Å². The Balaban J connectivity index is 1.70. The standard InChI is InChI=1S/C18H22N4O2/c1-13-6-5-11-22(12-13)18(23)15-9-10-17(21-20-15)19-14-7-3-4-8-16(14)24-2/h3-4,7-10,13H,5-6,11-12H2,1-2H3,(H,19,21). The van der Waals surface area contributed by atoms with Crippen LogP contribution < -0.4 is 10.1 Å². The average Bonchev–Trinajstić information content (AvgIpc) is 2.62. The zero-order valence-electron chi connectivity index (χ0n) is 14.0. The second-order valence-electron chi connectivity index (χ2n) is 6.13. The Hall–Kier alpha value is -2.63. The lowest BCUT2D eigenvalue weighted by atomic mass is 10.00. The first-order valence-electron chi connectivity index (χ1n) is 8.20. The molecular formula is C18H22N4O2. The van der Waals surface area contributed by atoms with Crippen LogP contribution in [0.15, 0.2) is 36.4 Å². The van der Waals surface area contributed by atoms with Crippen molar-refractivity contribution in [3.8, 4) is 5.75 Å². The van der Waals surface area contributed by atoms with Crippen molar-refractivity contribution in [1.82, 2.24) is 15.1 Å². The van der Waals surface area contributed by atoms with Crippen molar-refractivity contribution in [1.29, 1.82) is 0 Å². The Morgan fingerprint density at radius 2 is 2.08 bits per heavy atom. The van der Waals surface area contributed by atoms with E-state index >= 15 is 0 Å². The van der Waals surface area contributed by atoms with E-state index in [-0.39, 0.29) is 5.91 Å². The van der Waals surface area contributed by atoms with Gasteiger partial charge in [0.15, 0.2) is 11.5 Å². The fraction of sp³-hybridized carbons (Fsp3) is 0.389. The number of amides is 1. The van der Waals surface area contributed by atoms with E-state index in [4.69, 9.17) is 4.74 Å². The van der Waals surface area contributed by atoms with E-state index in [0.29, 0.717) is 17.4 Å². The molecule has 24 heavy (non-hydrogen) atoms. The summed E-state index contributed by atoms with van der Waals surface area (Å²) in [6.45, 7) is 3.76. The molecule has 0 bridgehead atoms. The normalized spacial score (nSPS) is 17.4. The highest BCUT2D eigenvalue weighted by molar-refractivity contribution is 5.92. The minimum Gasteiger partial charge on any atom is -0.495 e. The molecule has 6 heteroatoms. The molecular weight excluding hydrogens is 304 g/mol. The predicted molar refractivity (Wildman–Crippen MR) is 92.6 cm³/mol. The summed E-state index contributed by atoms with van der Waals surface area (Å²) in [6, 6.07) is 11.1. The highest BCUT2D eigenvalue weighted by Crippen LogP contribution is 2.26. The number of piperidine rings is 1. The van der Waals surface area contributed by atoms with Gasteiger partial charge >= 0.3 is 0 Å². The van der Waals surface area contributed by atoms with Crippen LogP contribution in [0.3, 0.4) is 0 Å². The third-order valence-electron chi connectivity index (χ3n) is 4.20. The molecule has 0 saturated carbocycles. The fourth-order valence-electron chi connectivity index (χ4n) is 2.93. The number of nitrogens with one attached hydrogen (secondary N) is 1. The zero-order chi connectivity index (χ0) is 16.9. The minimum absolute atomic E-state index is 0.0436. The third kappa shape index (κ3) is 3.64. The lowest BCUT2D eigenvalue weighted by Gasteiger charge is -2.30. The Morgan fingerprint density at radius 3 is 2.79 bits per heavy atom. The first-order valence-corrected chi connectivity index (χ1v) is 8.20. The summed E-state index contributed by atoms with van der Waals surface area (Å²) < 4.78 is 5.30. The molecule has 2 aromatic rings. The van der Waals surface area contributed by atoms with Crippen LogP contribution in [0.1, 0.15) is 30.3 Å². The Bertz CT molecular complexity index is 702. The summed E-state index contributed by atoms with van der Waals surface area (Å²) in [5.74, 6) is 1.80. The average molecular weight is 326 g/mol. The molecule has 1 aromatic carbocycles. The molecule has 1 N–H and O–H groups in total. The smallest absolute Gasteiger partial charge is 0.274 e. The highest BCUT2D eigenvalue weighted by Gasteiger charge is 2.23. The van der Waals surface area contributed by atoms with E-state index in [9.17, 15) is 4.79 Å². The summed E-state index contributed by atoms with van der Waals surface area (Å²) in [5.41, 5.74) is 1.19. The third-order valence-corrected chi connectivity index (χ3v) is 4.20. The summed E-state index contributed by atoms with van der Waals surface area (Å²) in [4.78, 5) is 14.4.